The molecule has 0 amide bonds. The molecule has 0 spiro atoms. The van der Waals surface area contributed by atoms with E-state index in [4.69, 9.17) is 0 Å². The monoisotopic (exact) mass is 298 g/mol. The Labute approximate surface area is 127 Å². The summed E-state index contributed by atoms with van der Waals surface area (Å²) in [7, 11) is 0. The zero-order valence-corrected chi connectivity index (χ0v) is 12.5. The first-order chi connectivity index (χ1) is 10.2. The maximum absolute atomic E-state index is 13.1. The number of hydrogen-bond acceptors (Lipinski definition) is 3. The van der Waals surface area contributed by atoms with E-state index in [2.05, 4.69) is 21.7 Å². The molecule has 0 aliphatic rings. The van der Waals surface area contributed by atoms with Gasteiger partial charge in [0, 0.05) is 23.2 Å². The molecule has 106 valence electrons. The predicted octanol–water partition coefficient (Wildman–Crippen LogP) is 4.87. The normalized spacial score (nSPS) is 10.6. The van der Waals surface area contributed by atoms with E-state index in [1.807, 2.05) is 31.2 Å². The summed E-state index contributed by atoms with van der Waals surface area (Å²) in [6.45, 7) is 2.59. The van der Waals surface area contributed by atoms with Crippen LogP contribution in [0.5, 0.6) is 0 Å². The van der Waals surface area contributed by atoms with Crippen LogP contribution in [0.3, 0.4) is 0 Å². The minimum Gasteiger partial charge on any atom is -0.381 e. The van der Waals surface area contributed by atoms with Crippen molar-refractivity contribution in [3.8, 4) is 11.3 Å². The van der Waals surface area contributed by atoms with Crippen LogP contribution < -0.4 is 5.32 Å². The highest BCUT2D eigenvalue weighted by atomic mass is 32.1. The van der Waals surface area contributed by atoms with Crippen LogP contribution in [0.25, 0.3) is 11.3 Å². The average molecular weight is 298 g/mol. The van der Waals surface area contributed by atoms with Crippen molar-refractivity contribution in [3.63, 3.8) is 0 Å². The fourth-order valence-corrected chi connectivity index (χ4v) is 2.76. The number of benzene rings is 2. The molecule has 0 atom stereocenters. The molecule has 0 fully saturated rings. The second-order valence-electron chi connectivity index (χ2n) is 4.82. The minimum atomic E-state index is -0.207. The van der Waals surface area contributed by atoms with E-state index >= 15 is 0 Å². The van der Waals surface area contributed by atoms with Gasteiger partial charge in [0.25, 0.3) is 0 Å². The molecule has 1 aromatic heterocycles. The van der Waals surface area contributed by atoms with E-state index in [1.54, 1.807) is 23.5 Å². The van der Waals surface area contributed by atoms with E-state index in [-0.39, 0.29) is 5.82 Å². The summed E-state index contributed by atoms with van der Waals surface area (Å²) in [5.41, 5.74) is 4.00. The largest absolute Gasteiger partial charge is 0.381 e. The van der Waals surface area contributed by atoms with Gasteiger partial charge in [-0.2, -0.15) is 0 Å². The standard InChI is InChI=1S/C17H15FN2S/c1-12-20-17(11-21-12)14-5-3-7-16(9-14)19-10-13-4-2-6-15(18)8-13/h2-9,11,19H,10H2,1H3. The van der Waals surface area contributed by atoms with Gasteiger partial charge in [-0.3, -0.25) is 0 Å². The molecule has 4 heteroatoms. The molecule has 2 aromatic carbocycles. The summed E-state index contributed by atoms with van der Waals surface area (Å²) < 4.78 is 13.1. The van der Waals surface area contributed by atoms with Gasteiger partial charge in [0.05, 0.1) is 10.7 Å². The maximum atomic E-state index is 13.1. The van der Waals surface area contributed by atoms with Gasteiger partial charge in [0.2, 0.25) is 0 Å². The van der Waals surface area contributed by atoms with Gasteiger partial charge in [-0.1, -0.05) is 24.3 Å². The highest BCUT2D eigenvalue weighted by Gasteiger charge is 2.03. The van der Waals surface area contributed by atoms with Crippen LogP contribution in [0.15, 0.2) is 53.9 Å². The maximum Gasteiger partial charge on any atom is 0.123 e. The average Bonchev–Trinajstić information content (AvgIpc) is 2.92. The number of halogens is 1. The van der Waals surface area contributed by atoms with Crippen LogP contribution in [0.4, 0.5) is 10.1 Å². The second kappa shape index (κ2) is 6.06. The second-order valence-corrected chi connectivity index (χ2v) is 5.88. The number of aromatic nitrogens is 1. The summed E-state index contributed by atoms with van der Waals surface area (Å²) in [6, 6.07) is 14.7. The van der Waals surface area contributed by atoms with E-state index in [0.717, 1.165) is 27.5 Å². The summed E-state index contributed by atoms with van der Waals surface area (Å²) in [4.78, 5) is 4.49. The zero-order chi connectivity index (χ0) is 14.7. The van der Waals surface area contributed by atoms with Crippen LogP contribution in [-0.4, -0.2) is 4.98 Å². The molecular formula is C17H15FN2S. The van der Waals surface area contributed by atoms with Crippen LogP contribution in [0, 0.1) is 12.7 Å². The summed E-state index contributed by atoms with van der Waals surface area (Å²) >= 11 is 1.64. The SMILES string of the molecule is Cc1nc(-c2cccc(NCc3cccc(F)c3)c2)cs1. The van der Waals surface area contributed by atoms with Crippen LogP contribution in [-0.2, 0) is 6.54 Å². The molecule has 0 saturated carbocycles. The number of hydrogen-bond donors (Lipinski definition) is 1. The number of nitrogens with zero attached hydrogens (tertiary/aromatic N) is 1. The van der Waals surface area contributed by atoms with Crippen molar-refractivity contribution in [2.75, 3.05) is 5.32 Å². The first-order valence-electron chi connectivity index (χ1n) is 6.71. The lowest BCUT2D eigenvalue weighted by Gasteiger charge is -2.08. The van der Waals surface area contributed by atoms with E-state index < -0.39 is 0 Å². The van der Waals surface area contributed by atoms with Crippen LogP contribution >= 0.6 is 11.3 Å². The molecular weight excluding hydrogens is 283 g/mol. The lowest BCUT2D eigenvalue weighted by atomic mass is 10.1. The fourth-order valence-electron chi connectivity index (χ4n) is 2.14. The number of anilines is 1. The van der Waals surface area contributed by atoms with Crippen molar-refractivity contribution in [1.29, 1.82) is 0 Å². The smallest absolute Gasteiger partial charge is 0.123 e. The van der Waals surface area contributed by atoms with Crippen molar-refractivity contribution in [2.45, 2.75) is 13.5 Å². The Hall–Kier alpha value is -2.20. The number of aryl methyl sites for hydroxylation is 1. The van der Waals surface area contributed by atoms with Crippen molar-refractivity contribution >= 4 is 17.0 Å². The zero-order valence-electron chi connectivity index (χ0n) is 11.6. The fraction of sp³-hybridized carbons (Fsp3) is 0.118. The molecule has 0 aliphatic heterocycles. The first-order valence-corrected chi connectivity index (χ1v) is 7.59. The Balaban J connectivity index is 1.74. The van der Waals surface area contributed by atoms with E-state index in [9.17, 15) is 4.39 Å². The Morgan fingerprint density at radius 1 is 1.14 bits per heavy atom. The van der Waals surface area contributed by atoms with E-state index in [0.29, 0.717) is 6.54 Å². The Morgan fingerprint density at radius 2 is 2.00 bits per heavy atom. The third-order valence-corrected chi connectivity index (χ3v) is 3.94. The minimum absolute atomic E-state index is 0.207. The van der Waals surface area contributed by atoms with E-state index in [1.165, 1.54) is 6.07 Å². The Morgan fingerprint density at radius 3 is 2.76 bits per heavy atom. The van der Waals surface area contributed by atoms with Gasteiger partial charge in [-0.05, 0) is 36.8 Å². The molecule has 2 nitrogen and oxygen atoms in total. The predicted molar refractivity (Wildman–Crippen MR) is 86.0 cm³/mol. The molecule has 3 rings (SSSR count). The lowest BCUT2D eigenvalue weighted by molar-refractivity contribution is 0.626. The number of rotatable bonds is 4. The molecule has 0 bridgehead atoms. The Kier molecular flexibility index (Phi) is 3.97. The molecule has 1 heterocycles. The van der Waals surface area contributed by atoms with Crippen molar-refractivity contribution in [3.05, 3.63) is 70.3 Å². The molecule has 0 saturated heterocycles. The third kappa shape index (κ3) is 3.47. The van der Waals surface area contributed by atoms with Gasteiger partial charge in [0.15, 0.2) is 0 Å². The first kappa shape index (κ1) is 13.8. The highest BCUT2D eigenvalue weighted by molar-refractivity contribution is 7.09. The molecule has 1 N–H and O–H groups in total. The molecule has 21 heavy (non-hydrogen) atoms. The van der Waals surface area contributed by atoms with Crippen LogP contribution in [0.2, 0.25) is 0 Å². The van der Waals surface area contributed by atoms with Gasteiger partial charge in [-0.25, -0.2) is 9.37 Å². The summed E-state index contributed by atoms with van der Waals surface area (Å²) in [5.74, 6) is -0.207. The quantitative estimate of drug-likeness (QED) is 0.743. The van der Waals surface area contributed by atoms with Gasteiger partial charge >= 0.3 is 0 Å². The molecule has 0 aliphatic carbocycles. The summed E-state index contributed by atoms with van der Waals surface area (Å²) in [6.07, 6.45) is 0. The Bertz CT molecular complexity index is 752. The van der Waals surface area contributed by atoms with Crippen LogP contribution in [0.1, 0.15) is 10.6 Å². The number of nitrogens with one attached hydrogen (secondary N) is 1. The van der Waals surface area contributed by atoms with Gasteiger partial charge in [0.1, 0.15) is 5.82 Å². The lowest BCUT2D eigenvalue weighted by Crippen LogP contribution is -1.99. The molecule has 0 radical (unpaired) electrons. The van der Waals surface area contributed by atoms with Gasteiger partial charge < -0.3 is 5.32 Å². The third-order valence-electron chi connectivity index (χ3n) is 3.16. The van der Waals surface area contributed by atoms with Crippen molar-refractivity contribution < 1.29 is 4.39 Å². The molecule has 3 aromatic rings. The molecule has 0 unspecified atom stereocenters. The summed E-state index contributed by atoms with van der Waals surface area (Å²) in [5, 5.41) is 6.43. The van der Waals surface area contributed by atoms with Crippen molar-refractivity contribution in [1.82, 2.24) is 4.98 Å². The van der Waals surface area contributed by atoms with Crippen molar-refractivity contribution in [2.24, 2.45) is 0 Å². The van der Waals surface area contributed by atoms with Gasteiger partial charge in [-0.15, -0.1) is 11.3 Å². The highest BCUT2D eigenvalue weighted by Crippen LogP contribution is 2.24. The number of thiazole rings is 1. The topological polar surface area (TPSA) is 24.9 Å².